The fraction of sp³-hybridized carbons (Fsp3) is 0.889. The molecule has 0 aromatic carbocycles. The lowest BCUT2D eigenvalue weighted by Crippen LogP contribution is -2.36. The van der Waals surface area contributed by atoms with Crippen molar-refractivity contribution < 1.29 is 4.79 Å². The van der Waals surface area contributed by atoms with Crippen molar-refractivity contribution in [3.05, 3.63) is 0 Å². The molecule has 0 amide bonds. The molecule has 0 radical (unpaired) electrons. The maximum Gasteiger partial charge on any atom is 0.150 e. The molecule has 0 aromatic rings. The number of hydrogen-bond acceptors (Lipinski definition) is 1. The minimum atomic E-state index is -0.162. The van der Waals surface area contributed by atoms with E-state index in [1.165, 1.54) is 6.42 Å². The summed E-state index contributed by atoms with van der Waals surface area (Å²) < 4.78 is -0.162. The molecule has 0 spiro atoms. The quantitative estimate of drug-likeness (QED) is 0.570. The van der Waals surface area contributed by atoms with E-state index in [0.29, 0.717) is 11.7 Å². The number of halogens is 1. The summed E-state index contributed by atoms with van der Waals surface area (Å²) in [4.78, 5) is 11.5. The molecule has 62 valence electrons. The summed E-state index contributed by atoms with van der Waals surface area (Å²) in [6.07, 6.45) is 3.08. The van der Waals surface area contributed by atoms with Gasteiger partial charge in [-0.25, -0.2) is 0 Å². The molecular weight excluding hydrogens is 204 g/mol. The Kier molecular flexibility index (Phi) is 1.34. The van der Waals surface area contributed by atoms with Crippen LogP contribution in [0, 0.1) is 11.3 Å². The molecule has 0 aliphatic heterocycles. The summed E-state index contributed by atoms with van der Waals surface area (Å²) in [6.45, 7) is 4.43. The Hall–Kier alpha value is 0.150. The SMILES string of the molecule is CC1(C)[C@@H]2CC[C@@]1(Br)C(=O)C2. The lowest BCUT2D eigenvalue weighted by atomic mass is 9.82. The van der Waals surface area contributed by atoms with Crippen LogP contribution in [0.25, 0.3) is 0 Å². The van der Waals surface area contributed by atoms with Gasteiger partial charge in [-0.15, -0.1) is 0 Å². The number of hydrogen-bond donors (Lipinski definition) is 0. The Morgan fingerprint density at radius 1 is 1.55 bits per heavy atom. The van der Waals surface area contributed by atoms with E-state index < -0.39 is 0 Å². The van der Waals surface area contributed by atoms with Gasteiger partial charge in [-0.3, -0.25) is 4.79 Å². The van der Waals surface area contributed by atoms with Crippen LogP contribution in [0.15, 0.2) is 0 Å². The summed E-state index contributed by atoms with van der Waals surface area (Å²) in [5, 5.41) is 0. The van der Waals surface area contributed by atoms with Crippen LogP contribution in [0.3, 0.4) is 0 Å². The third kappa shape index (κ3) is 0.695. The van der Waals surface area contributed by atoms with E-state index in [0.717, 1.165) is 12.8 Å². The molecule has 1 nitrogen and oxygen atoms in total. The molecule has 11 heavy (non-hydrogen) atoms. The molecule has 0 unspecified atom stereocenters. The van der Waals surface area contributed by atoms with Crippen LogP contribution in [0.5, 0.6) is 0 Å². The van der Waals surface area contributed by atoms with Gasteiger partial charge in [0.05, 0.1) is 4.32 Å². The first-order chi connectivity index (χ1) is 4.98. The Morgan fingerprint density at radius 2 is 2.18 bits per heavy atom. The van der Waals surface area contributed by atoms with Crippen LogP contribution in [-0.2, 0) is 4.79 Å². The van der Waals surface area contributed by atoms with Crippen molar-refractivity contribution in [3.8, 4) is 0 Å². The Labute approximate surface area is 75.7 Å². The number of alkyl halides is 1. The van der Waals surface area contributed by atoms with Crippen molar-refractivity contribution >= 4 is 21.7 Å². The largest absolute Gasteiger partial charge is 0.298 e. The zero-order valence-electron chi connectivity index (χ0n) is 6.98. The summed E-state index contributed by atoms with van der Waals surface area (Å²) >= 11 is 3.62. The summed E-state index contributed by atoms with van der Waals surface area (Å²) in [6, 6.07) is 0. The Morgan fingerprint density at radius 3 is 2.36 bits per heavy atom. The maximum absolute atomic E-state index is 11.5. The van der Waals surface area contributed by atoms with Gasteiger partial charge in [0.1, 0.15) is 5.78 Å². The van der Waals surface area contributed by atoms with Gasteiger partial charge in [-0.2, -0.15) is 0 Å². The van der Waals surface area contributed by atoms with Crippen molar-refractivity contribution in [2.75, 3.05) is 0 Å². The molecule has 0 saturated heterocycles. The summed E-state index contributed by atoms with van der Waals surface area (Å²) in [5.74, 6) is 1.06. The molecule has 2 atom stereocenters. The molecule has 2 fully saturated rings. The van der Waals surface area contributed by atoms with Crippen molar-refractivity contribution in [3.63, 3.8) is 0 Å². The summed E-state index contributed by atoms with van der Waals surface area (Å²) in [7, 11) is 0. The molecule has 0 N–H and O–H groups in total. The third-order valence-electron chi connectivity index (χ3n) is 3.75. The van der Waals surface area contributed by atoms with E-state index in [-0.39, 0.29) is 9.74 Å². The number of ketones is 1. The predicted octanol–water partition coefficient (Wildman–Crippen LogP) is 2.53. The molecular formula is C9H13BrO. The number of carbonyl (C=O) groups is 1. The van der Waals surface area contributed by atoms with Gasteiger partial charge >= 0.3 is 0 Å². The average Bonchev–Trinajstić information content (AvgIpc) is 2.20. The first-order valence-corrected chi connectivity index (χ1v) is 5.00. The third-order valence-corrected chi connectivity index (χ3v) is 5.61. The minimum Gasteiger partial charge on any atom is -0.298 e. The molecule has 2 aliphatic carbocycles. The lowest BCUT2D eigenvalue weighted by Gasteiger charge is -2.30. The summed E-state index contributed by atoms with van der Waals surface area (Å²) in [5.41, 5.74) is 0.198. The van der Waals surface area contributed by atoms with E-state index in [9.17, 15) is 4.79 Å². The fourth-order valence-corrected chi connectivity index (χ4v) is 3.34. The topological polar surface area (TPSA) is 17.1 Å². The normalized spacial score (nSPS) is 46.8. The smallest absolute Gasteiger partial charge is 0.150 e. The lowest BCUT2D eigenvalue weighted by molar-refractivity contribution is -0.120. The number of fused-ring (bicyclic) bond motifs is 2. The van der Waals surface area contributed by atoms with Crippen LogP contribution >= 0.6 is 15.9 Å². The van der Waals surface area contributed by atoms with Gasteiger partial charge < -0.3 is 0 Å². The van der Waals surface area contributed by atoms with Gasteiger partial charge in [0, 0.05) is 6.42 Å². The zero-order valence-corrected chi connectivity index (χ0v) is 8.57. The molecule has 0 aromatic heterocycles. The van der Waals surface area contributed by atoms with E-state index in [1.54, 1.807) is 0 Å². The highest BCUT2D eigenvalue weighted by Gasteiger charge is 2.62. The van der Waals surface area contributed by atoms with Crippen LogP contribution in [0.1, 0.15) is 33.1 Å². The first-order valence-electron chi connectivity index (χ1n) is 4.21. The number of rotatable bonds is 0. The Bertz CT molecular complexity index is 222. The van der Waals surface area contributed by atoms with Crippen molar-refractivity contribution in [2.45, 2.75) is 37.4 Å². The second-order valence-corrected chi connectivity index (χ2v) is 5.74. The van der Waals surface area contributed by atoms with E-state index in [1.807, 2.05) is 0 Å². The van der Waals surface area contributed by atoms with E-state index in [4.69, 9.17) is 0 Å². The minimum absolute atomic E-state index is 0.162. The number of Topliss-reactive ketones (excluding diaryl/α,β-unsaturated/α-hetero) is 1. The van der Waals surface area contributed by atoms with Gasteiger partial charge in [-0.05, 0) is 24.2 Å². The molecule has 2 aliphatic rings. The van der Waals surface area contributed by atoms with Crippen LogP contribution in [-0.4, -0.2) is 10.1 Å². The van der Waals surface area contributed by atoms with Crippen LogP contribution in [0.2, 0.25) is 0 Å². The molecule has 0 heterocycles. The molecule has 2 rings (SSSR count). The standard InChI is InChI=1S/C9H13BrO/c1-8(2)6-3-4-9(8,10)7(11)5-6/h6H,3-5H2,1-2H3/t6-,9-/m1/s1. The monoisotopic (exact) mass is 216 g/mol. The van der Waals surface area contributed by atoms with Crippen molar-refractivity contribution in [1.82, 2.24) is 0 Å². The highest BCUT2D eigenvalue weighted by atomic mass is 79.9. The number of carbonyl (C=O) groups excluding carboxylic acids is 1. The highest BCUT2D eigenvalue weighted by molar-refractivity contribution is 9.10. The second-order valence-electron chi connectivity index (χ2n) is 4.39. The maximum atomic E-state index is 11.5. The predicted molar refractivity (Wildman–Crippen MR) is 47.8 cm³/mol. The average molecular weight is 217 g/mol. The molecule has 2 heteroatoms. The van der Waals surface area contributed by atoms with E-state index in [2.05, 4.69) is 29.8 Å². The zero-order chi connectivity index (χ0) is 8.28. The molecule has 2 bridgehead atoms. The van der Waals surface area contributed by atoms with Gasteiger partial charge in [-0.1, -0.05) is 29.8 Å². The first kappa shape index (κ1) is 7.78. The highest BCUT2D eigenvalue weighted by Crippen LogP contribution is 2.62. The van der Waals surface area contributed by atoms with Gasteiger partial charge in [0.2, 0.25) is 0 Å². The fourth-order valence-electron chi connectivity index (χ4n) is 2.62. The van der Waals surface area contributed by atoms with E-state index >= 15 is 0 Å². The molecule has 2 saturated carbocycles. The van der Waals surface area contributed by atoms with Gasteiger partial charge in [0.25, 0.3) is 0 Å². The van der Waals surface area contributed by atoms with Crippen LogP contribution < -0.4 is 0 Å². The second kappa shape index (κ2) is 1.90. The van der Waals surface area contributed by atoms with Crippen molar-refractivity contribution in [2.24, 2.45) is 11.3 Å². The Balaban J connectivity index is 2.47. The van der Waals surface area contributed by atoms with Gasteiger partial charge in [0.15, 0.2) is 0 Å². The van der Waals surface area contributed by atoms with Crippen LogP contribution in [0.4, 0.5) is 0 Å². The van der Waals surface area contributed by atoms with Crippen molar-refractivity contribution in [1.29, 1.82) is 0 Å².